The number of amides is 1. The lowest BCUT2D eigenvalue weighted by molar-refractivity contribution is 0.0476. The molecular weight excluding hydrogens is 355 g/mol. The second-order valence-corrected chi connectivity index (χ2v) is 7.84. The van der Waals surface area contributed by atoms with Crippen molar-refractivity contribution in [3.63, 3.8) is 0 Å². The fourth-order valence-electron chi connectivity index (χ4n) is 4.74. The third-order valence-corrected chi connectivity index (χ3v) is 6.14. The number of carbonyl (C=O) groups excluding carboxylic acids is 1. The standard InChI is InChI=1S/C23H27FN2O2/c1-3-28-22(27)26-13-10-19(11-14-26)23(24)20-9-6-16(2)15-18(20)8-7-17-5-4-12-25-21(17)23/h4-6,9,12,15,19H,3,7-8,10-11,13-14H2,1-2H3. The molecular formula is C23H27FN2O2. The number of benzene rings is 1. The van der Waals surface area contributed by atoms with Crippen molar-refractivity contribution >= 4 is 6.09 Å². The molecule has 28 heavy (non-hydrogen) atoms. The summed E-state index contributed by atoms with van der Waals surface area (Å²) in [6.07, 6.45) is 4.21. The van der Waals surface area contributed by atoms with E-state index in [0.29, 0.717) is 38.2 Å². The summed E-state index contributed by atoms with van der Waals surface area (Å²) in [4.78, 5) is 18.3. The average molecular weight is 382 g/mol. The van der Waals surface area contributed by atoms with Crippen LogP contribution in [0.4, 0.5) is 9.18 Å². The highest BCUT2D eigenvalue weighted by molar-refractivity contribution is 5.67. The van der Waals surface area contributed by atoms with Gasteiger partial charge >= 0.3 is 6.09 Å². The molecule has 1 aromatic carbocycles. The highest BCUT2D eigenvalue weighted by Gasteiger charge is 2.48. The Balaban J connectivity index is 1.72. The fraction of sp³-hybridized carbons (Fsp3) is 0.478. The molecule has 1 unspecified atom stereocenters. The SMILES string of the molecule is CCOC(=O)N1CCC(C2(F)c3ccc(C)cc3CCc3cccnc32)CC1. The first-order valence-electron chi connectivity index (χ1n) is 10.2. The highest BCUT2D eigenvalue weighted by Crippen LogP contribution is 2.48. The normalized spacial score (nSPS) is 22.2. The molecule has 1 aliphatic heterocycles. The first kappa shape index (κ1) is 18.9. The van der Waals surface area contributed by atoms with E-state index >= 15 is 4.39 Å². The zero-order valence-electron chi connectivity index (χ0n) is 16.6. The van der Waals surface area contributed by atoms with Crippen LogP contribution >= 0.6 is 0 Å². The summed E-state index contributed by atoms with van der Waals surface area (Å²) in [5.74, 6) is -0.216. The van der Waals surface area contributed by atoms with Crippen molar-refractivity contribution in [2.45, 2.75) is 45.2 Å². The van der Waals surface area contributed by atoms with Crippen molar-refractivity contribution in [3.05, 3.63) is 64.5 Å². The summed E-state index contributed by atoms with van der Waals surface area (Å²) in [5, 5.41) is 0. The van der Waals surface area contributed by atoms with Crippen LogP contribution in [-0.4, -0.2) is 35.7 Å². The van der Waals surface area contributed by atoms with Crippen molar-refractivity contribution in [2.24, 2.45) is 5.92 Å². The maximum absolute atomic E-state index is 17.1. The second kappa shape index (κ2) is 7.53. The van der Waals surface area contributed by atoms with Gasteiger partial charge in [-0.25, -0.2) is 9.18 Å². The van der Waals surface area contributed by atoms with E-state index < -0.39 is 5.67 Å². The van der Waals surface area contributed by atoms with E-state index in [1.807, 2.05) is 31.2 Å². The molecule has 148 valence electrons. The molecule has 5 heteroatoms. The van der Waals surface area contributed by atoms with Crippen molar-refractivity contribution in [1.82, 2.24) is 9.88 Å². The second-order valence-electron chi connectivity index (χ2n) is 7.84. The van der Waals surface area contributed by atoms with Crippen LogP contribution in [0.1, 0.15) is 47.7 Å². The van der Waals surface area contributed by atoms with Crippen LogP contribution in [0.3, 0.4) is 0 Å². The molecule has 0 saturated carbocycles. The quantitative estimate of drug-likeness (QED) is 0.764. The van der Waals surface area contributed by atoms with Gasteiger partial charge in [0.1, 0.15) is 0 Å². The lowest BCUT2D eigenvalue weighted by Crippen LogP contribution is -2.45. The molecule has 1 atom stereocenters. The topological polar surface area (TPSA) is 42.4 Å². The number of likely N-dealkylation sites (tertiary alicyclic amines) is 1. The van der Waals surface area contributed by atoms with Crippen molar-refractivity contribution in [1.29, 1.82) is 0 Å². The molecule has 1 amide bonds. The summed E-state index contributed by atoms with van der Waals surface area (Å²) in [5.41, 5.74) is 2.91. The number of carbonyl (C=O) groups is 1. The van der Waals surface area contributed by atoms with E-state index in [1.54, 1.807) is 18.0 Å². The smallest absolute Gasteiger partial charge is 0.409 e. The summed E-state index contributed by atoms with van der Waals surface area (Å²) in [7, 11) is 0. The average Bonchev–Trinajstić information content (AvgIpc) is 2.84. The molecule has 4 rings (SSSR count). The molecule has 2 heterocycles. The Morgan fingerprint density at radius 3 is 2.75 bits per heavy atom. The van der Waals surface area contributed by atoms with Crippen LogP contribution in [-0.2, 0) is 23.2 Å². The van der Waals surface area contributed by atoms with Gasteiger partial charge in [-0.2, -0.15) is 0 Å². The molecule has 2 aliphatic rings. The van der Waals surface area contributed by atoms with Crippen molar-refractivity contribution < 1.29 is 13.9 Å². The van der Waals surface area contributed by atoms with Crippen molar-refractivity contribution in [2.75, 3.05) is 19.7 Å². The Labute approximate surface area is 165 Å². The predicted octanol–water partition coefficient (Wildman–Crippen LogP) is 4.57. The lowest BCUT2D eigenvalue weighted by atomic mass is 9.73. The summed E-state index contributed by atoms with van der Waals surface area (Å²) >= 11 is 0. The number of piperidine rings is 1. The van der Waals surface area contributed by atoms with Gasteiger partial charge in [0.05, 0.1) is 12.3 Å². The molecule has 1 saturated heterocycles. The maximum atomic E-state index is 17.1. The van der Waals surface area contributed by atoms with Gasteiger partial charge in [-0.1, -0.05) is 29.8 Å². The number of hydrogen-bond acceptors (Lipinski definition) is 3. The molecule has 0 bridgehead atoms. The minimum Gasteiger partial charge on any atom is -0.450 e. The van der Waals surface area contributed by atoms with Gasteiger partial charge in [0.25, 0.3) is 0 Å². The molecule has 0 radical (unpaired) electrons. The molecule has 1 fully saturated rings. The van der Waals surface area contributed by atoms with Crippen molar-refractivity contribution in [3.8, 4) is 0 Å². The molecule has 2 aromatic rings. The monoisotopic (exact) mass is 382 g/mol. The van der Waals surface area contributed by atoms with E-state index in [0.717, 1.165) is 35.1 Å². The van der Waals surface area contributed by atoms with E-state index in [9.17, 15) is 4.79 Å². The first-order valence-corrected chi connectivity index (χ1v) is 10.2. The van der Waals surface area contributed by atoms with Gasteiger partial charge < -0.3 is 9.64 Å². The number of pyridine rings is 1. The summed E-state index contributed by atoms with van der Waals surface area (Å²) in [6, 6.07) is 9.96. The number of nitrogens with zero attached hydrogens (tertiary/aromatic N) is 2. The van der Waals surface area contributed by atoms with Crippen LogP contribution in [0.5, 0.6) is 0 Å². The van der Waals surface area contributed by atoms with Gasteiger partial charge in [0.2, 0.25) is 0 Å². The molecule has 0 N–H and O–H groups in total. The van der Waals surface area contributed by atoms with E-state index in [-0.39, 0.29) is 12.0 Å². The third kappa shape index (κ3) is 3.17. The fourth-order valence-corrected chi connectivity index (χ4v) is 4.74. The first-order chi connectivity index (χ1) is 13.5. The van der Waals surface area contributed by atoms with E-state index in [2.05, 4.69) is 11.1 Å². The zero-order valence-corrected chi connectivity index (χ0v) is 16.6. The molecule has 0 spiro atoms. The Morgan fingerprint density at radius 1 is 1.25 bits per heavy atom. The van der Waals surface area contributed by atoms with Gasteiger partial charge in [-0.05, 0) is 62.3 Å². The number of rotatable bonds is 2. The molecule has 1 aromatic heterocycles. The summed E-state index contributed by atoms with van der Waals surface area (Å²) in [6.45, 7) is 5.23. The van der Waals surface area contributed by atoms with Gasteiger partial charge in [0.15, 0.2) is 5.67 Å². The maximum Gasteiger partial charge on any atom is 0.409 e. The lowest BCUT2D eigenvalue weighted by Gasteiger charge is -2.40. The Hall–Kier alpha value is -2.43. The zero-order chi connectivity index (χ0) is 19.7. The Kier molecular flexibility index (Phi) is 5.09. The number of fused-ring (bicyclic) bond motifs is 2. The van der Waals surface area contributed by atoms with Crippen LogP contribution in [0, 0.1) is 12.8 Å². The van der Waals surface area contributed by atoms with Gasteiger partial charge in [0, 0.05) is 25.2 Å². The minimum atomic E-state index is -1.63. The molecule has 1 aliphatic carbocycles. The number of ether oxygens (including phenoxy) is 1. The van der Waals surface area contributed by atoms with Crippen LogP contribution in [0.2, 0.25) is 0 Å². The highest BCUT2D eigenvalue weighted by atomic mass is 19.1. The van der Waals surface area contributed by atoms with Crippen LogP contribution < -0.4 is 0 Å². The van der Waals surface area contributed by atoms with Crippen LogP contribution in [0.15, 0.2) is 36.5 Å². The number of aromatic nitrogens is 1. The number of aryl methyl sites for hydroxylation is 3. The molecule has 4 nitrogen and oxygen atoms in total. The Bertz CT molecular complexity index is 877. The minimum absolute atomic E-state index is 0.216. The van der Waals surface area contributed by atoms with E-state index in [1.165, 1.54) is 0 Å². The van der Waals surface area contributed by atoms with E-state index in [4.69, 9.17) is 4.74 Å². The third-order valence-electron chi connectivity index (χ3n) is 6.14. The number of halogens is 1. The summed E-state index contributed by atoms with van der Waals surface area (Å²) < 4.78 is 22.2. The largest absolute Gasteiger partial charge is 0.450 e. The van der Waals surface area contributed by atoms with Gasteiger partial charge in [-0.3, -0.25) is 4.98 Å². The van der Waals surface area contributed by atoms with Gasteiger partial charge in [-0.15, -0.1) is 0 Å². The van der Waals surface area contributed by atoms with Crippen LogP contribution in [0.25, 0.3) is 0 Å². The Morgan fingerprint density at radius 2 is 2.00 bits per heavy atom. The number of alkyl halides is 1. The predicted molar refractivity (Wildman–Crippen MR) is 106 cm³/mol. The number of hydrogen-bond donors (Lipinski definition) is 0.